The third-order valence-electron chi connectivity index (χ3n) is 6.58. The van der Waals surface area contributed by atoms with Gasteiger partial charge in [0.25, 0.3) is 5.91 Å². The summed E-state index contributed by atoms with van der Waals surface area (Å²) in [5, 5.41) is 18.7. The molecule has 1 aliphatic rings. The van der Waals surface area contributed by atoms with Crippen LogP contribution in [0.4, 0.5) is 4.79 Å². The fourth-order valence-electron chi connectivity index (χ4n) is 4.49. The van der Waals surface area contributed by atoms with Gasteiger partial charge in [-0.25, -0.2) is 15.0 Å². The number of amides is 3. The molecule has 0 aliphatic carbocycles. The standard InChI is InChI=1S/C32H29Br2N5O7/c1-4-44-31(41)28-18(2)37-32(42)38-29(28)19-9-10-25(26(12-19)43-3)45-17-27(40)39-36-15-22-11-23(33)13-24(34)30(22)46-16-21-8-6-5-7-20(21)14-35/h5-13,15,29H,4,16-17H2,1-3H3,(H,39,40)(H2,37,38,42)/b36-15+/t29-/m0/s1. The fourth-order valence-corrected chi connectivity index (χ4v) is 5.86. The maximum atomic E-state index is 12.6. The van der Waals surface area contributed by atoms with Crippen LogP contribution in [-0.2, 0) is 20.9 Å². The monoisotopic (exact) mass is 753 g/mol. The predicted octanol–water partition coefficient (Wildman–Crippen LogP) is 5.39. The van der Waals surface area contributed by atoms with Gasteiger partial charge in [0.1, 0.15) is 12.4 Å². The normalized spacial score (nSPS) is 14.2. The Hall–Kier alpha value is -4.87. The molecule has 0 aromatic heterocycles. The predicted molar refractivity (Wildman–Crippen MR) is 175 cm³/mol. The molecular weight excluding hydrogens is 726 g/mol. The van der Waals surface area contributed by atoms with Crippen molar-refractivity contribution in [1.29, 1.82) is 5.26 Å². The minimum Gasteiger partial charge on any atom is -0.493 e. The van der Waals surface area contributed by atoms with Gasteiger partial charge in [0, 0.05) is 21.3 Å². The van der Waals surface area contributed by atoms with E-state index >= 15 is 0 Å². The highest BCUT2D eigenvalue weighted by Gasteiger charge is 2.32. The summed E-state index contributed by atoms with van der Waals surface area (Å²) < 4.78 is 23.7. The number of hydrogen-bond acceptors (Lipinski definition) is 9. The topological polar surface area (TPSA) is 160 Å². The second-order valence-electron chi connectivity index (χ2n) is 9.65. The molecule has 238 valence electrons. The molecule has 0 radical (unpaired) electrons. The van der Waals surface area contributed by atoms with Gasteiger partial charge in [-0.15, -0.1) is 0 Å². The van der Waals surface area contributed by atoms with Gasteiger partial charge >= 0.3 is 12.0 Å². The molecule has 0 spiro atoms. The van der Waals surface area contributed by atoms with Crippen molar-refractivity contribution in [1.82, 2.24) is 16.1 Å². The first-order valence-electron chi connectivity index (χ1n) is 13.8. The summed E-state index contributed by atoms with van der Waals surface area (Å²) in [6, 6.07) is 16.4. The van der Waals surface area contributed by atoms with Gasteiger partial charge in [-0.1, -0.05) is 40.2 Å². The van der Waals surface area contributed by atoms with Crippen molar-refractivity contribution >= 4 is 56.0 Å². The van der Waals surface area contributed by atoms with Crippen LogP contribution in [0.15, 0.2) is 79.9 Å². The van der Waals surface area contributed by atoms with Gasteiger partial charge in [0.05, 0.1) is 47.7 Å². The lowest BCUT2D eigenvalue weighted by Crippen LogP contribution is -2.45. The molecule has 3 aromatic carbocycles. The van der Waals surface area contributed by atoms with Crippen LogP contribution < -0.4 is 30.3 Å². The summed E-state index contributed by atoms with van der Waals surface area (Å²) in [4.78, 5) is 37.4. The average Bonchev–Trinajstić information content (AvgIpc) is 3.03. The number of hydrazone groups is 1. The zero-order valence-electron chi connectivity index (χ0n) is 25.0. The van der Waals surface area contributed by atoms with Crippen LogP contribution in [0.1, 0.15) is 42.1 Å². The molecule has 0 fully saturated rings. The molecule has 3 N–H and O–H groups in total. The Balaban J connectivity index is 1.42. The van der Waals surface area contributed by atoms with Gasteiger partial charge in [0.2, 0.25) is 0 Å². The Morgan fingerprint density at radius 3 is 2.63 bits per heavy atom. The van der Waals surface area contributed by atoms with E-state index in [1.54, 1.807) is 50.2 Å². The largest absolute Gasteiger partial charge is 0.493 e. The first kappa shape index (κ1) is 34.0. The van der Waals surface area contributed by atoms with Crippen molar-refractivity contribution in [3.8, 4) is 23.3 Å². The van der Waals surface area contributed by atoms with Crippen LogP contribution in [0.25, 0.3) is 0 Å². The molecule has 1 atom stereocenters. The zero-order valence-corrected chi connectivity index (χ0v) is 28.2. The lowest BCUT2D eigenvalue weighted by Gasteiger charge is -2.28. The number of halogens is 2. The minimum atomic E-state index is -0.790. The quantitative estimate of drug-likeness (QED) is 0.126. The number of nitrogens with one attached hydrogen (secondary N) is 3. The molecule has 1 heterocycles. The molecule has 12 nitrogen and oxygen atoms in total. The summed E-state index contributed by atoms with van der Waals surface area (Å²) in [6.07, 6.45) is 1.43. The second-order valence-corrected chi connectivity index (χ2v) is 11.4. The van der Waals surface area contributed by atoms with Gasteiger partial charge < -0.3 is 29.6 Å². The summed E-state index contributed by atoms with van der Waals surface area (Å²) in [6.45, 7) is 3.25. The lowest BCUT2D eigenvalue weighted by atomic mass is 9.95. The van der Waals surface area contributed by atoms with E-state index < -0.39 is 23.9 Å². The maximum absolute atomic E-state index is 12.6. The van der Waals surface area contributed by atoms with Crippen molar-refractivity contribution in [3.05, 3.63) is 97.1 Å². The number of nitrogens with zero attached hydrogens (tertiary/aromatic N) is 2. The van der Waals surface area contributed by atoms with Crippen molar-refractivity contribution in [2.24, 2.45) is 5.10 Å². The Kier molecular flexibility index (Phi) is 11.8. The molecule has 0 bridgehead atoms. The van der Waals surface area contributed by atoms with E-state index in [9.17, 15) is 19.6 Å². The molecule has 4 rings (SSSR count). The highest BCUT2D eigenvalue weighted by atomic mass is 79.9. The Labute approximate surface area is 282 Å². The highest BCUT2D eigenvalue weighted by molar-refractivity contribution is 9.11. The molecular formula is C32H29Br2N5O7. The molecule has 14 heteroatoms. The second kappa shape index (κ2) is 15.9. The number of carbonyl (C=O) groups excluding carboxylic acids is 3. The number of allylic oxidation sites excluding steroid dienone is 1. The minimum absolute atomic E-state index is 0.148. The molecule has 1 aliphatic heterocycles. The van der Waals surface area contributed by atoms with Crippen LogP contribution >= 0.6 is 31.9 Å². The number of benzene rings is 3. The summed E-state index contributed by atoms with van der Waals surface area (Å²) in [5.74, 6) is -0.103. The van der Waals surface area contributed by atoms with E-state index in [2.05, 4.69) is 59.1 Å². The third kappa shape index (κ3) is 8.43. The van der Waals surface area contributed by atoms with Crippen LogP contribution in [0.2, 0.25) is 0 Å². The number of carbonyl (C=O) groups is 3. The lowest BCUT2D eigenvalue weighted by molar-refractivity contribution is -0.139. The van der Waals surface area contributed by atoms with E-state index in [4.69, 9.17) is 18.9 Å². The molecule has 0 saturated carbocycles. The Morgan fingerprint density at radius 1 is 1.11 bits per heavy atom. The summed E-state index contributed by atoms with van der Waals surface area (Å²) >= 11 is 6.94. The van der Waals surface area contributed by atoms with Crippen LogP contribution in [0.5, 0.6) is 17.2 Å². The van der Waals surface area contributed by atoms with Crippen LogP contribution in [0, 0.1) is 11.3 Å². The van der Waals surface area contributed by atoms with Gasteiger partial charge in [-0.3, -0.25) is 4.79 Å². The number of ether oxygens (including phenoxy) is 4. The van der Waals surface area contributed by atoms with Crippen molar-refractivity contribution < 1.29 is 33.3 Å². The van der Waals surface area contributed by atoms with Crippen molar-refractivity contribution in [2.75, 3.05) is 20.3 Å². The van der Waals surface area contributed by atoms with Crippen LogP contribution in [-0.4, -0.2) is 44.4 Å². The molecule has 0 saturated heterocycles. The number of esters is 1. The average molecular weight is 755 g/mol. The fraction of sp³-hybridized carbons (Fsp3) is 0.219. The first-order chi connectivity index (χ1) is 22.1. The molecule has 0 unspecified atom stereocenters. The molecule has 3 amide bonds. The van der Waals surface area contributed by atoms with Crippen LogP contribution in [0.3, 0.4) is 0 Å². The Morgan fingerprint density at radius 2 is 1.89 bits per heavy atom. The first-order valence-corrected chi connectivity index (χ1v) is 15.4. The smallest absolute Gasteiger partial charge is 0.338 e. The molecule has 46 heavy (non-hydrogen) atoms. The SMILES string of the molecule is CCOC(=O)C1=C(C)NC(=O)N[C@H]1c1ccc(OCC(=O)N/N=C/c2cc(Br)cc(Br)c2OCc2ccccc2C#N)c(OC)c1. The van der Waals surface area contributed by atoms with Gasteiger partial charge in [0.15, 0.2) is 18.1 Å². The van der Waals surface area contributed by atoms with Crippen molar-refractivity contribution in [3.63, 3.8) is 0 Å². The van der Waals surface area contributed by atoms with Gasteiger partial charge in [-0.05, 0) is 65.7 Å². The number of urea groups is 1. The zero-order chi connectivity index (χ0) is 33.2. The maximum Gasteiger partial charge on any atom is 0.338 e. The van der Waals surface area contributed by atoms with E-state index in [0.29, 0.717) is 32.6 Å². The summed E-state index contributed by atoms with van der Waals surface area (Å²) in [7, 11) is 1.43. The number of hydrogen-bond donors (Lipinski definition) is 3. The van der Waals surface area contributed by atoms with Gasteiger partial charge in [-0.2, -0.15) is 10.4 Å². The van der Waals surface area contributed by atoms with E-state index in [1.807, 2.05) is 18.2 Å². The highest BCUT2D eigenvalue weighted by Crippen LogP contribution is 2.35. The molecule has 3 aromatic rings. The van der Waals surface area contributed by atoms with E-state index in [-0.39, 0.29) is 36.9 Å². The number of rotatable bonds is 12. The van der Waals surface area contributed by atoms with E-state index in [0.717, 1.165) is 10.0 Å². The number of nitriles is 1. The Bertz CT molecular complexity index is 1750. The van der Waals surface area contributed by atoms with Crippen molar-refractivity contribution in [2.45, 2.75) is 26.5 Å². The third-order valence-corrected chi connectivity index (χ3v) is 7.63. The summed E-state index contributed by atoms with van der Waals surface area (Å²) in [5.41, 5.74) is 5.40. The number of methoxy groups -OCH3 is 1. The van der Waals surface area contributed by atoms with E-state index in [1.165, 1.54) is 13.3 Å².